The molecule has 0 bridgehead atoms. The summed E-state index contributed by atoms with van der Waals surface area (Å²) < 4.78 is 73.3. The second kappa shape index (κ2) is 6.81. The van der Waals surface area contributed by atoms with Gasteiger partial charge >= 0.3 is 24.0 Å². The number of rotatable bonds is 6. The lowest BCUT2D eigenvalue weighted by Crippen LogP contribution is -2.54. The van der Waals surface area contributed by atoms with E-state index in [0.29, 0.717) is 12.1 Å². The van der Waals surface area contributed by atoms with Gasteiger partial charge in [0.2, 0.25) is 5.60 Å². The number of carboxylic acids is 1. The largest absolute Gasteiger partial charge is 0.477 e. The van der Waals surface area contributed by atoms with Gasteiger partial charge in [-0.05, 0) is 19.4 Å². The quantitative estimate of drug-likeness (QED) is 0.467. The van der Waals surface area contributed by atoms with Crippen LogP contribution in [0.3, 0.4) is 0 Å². The lowest BCUT2D eigenvalue weighted by molar-refractivity contribution is -0.228. The fraction of sp³-hybridized carbons (Fsp3) is 0.375. The first kappa shape index (κ1) is 20.6. The molecule has 4 nitrogen and oxygen atoms in total. The van der Waals surface area contributed by atoms with Crippen molar-refractivity contribution in [2.45, 2.75) is 38.0 Å². The third kappa shape index (κ3) is 3.64. The van der Waals surface area contributed by atoms with Gasteiger partial charge in [-0.1, -0.05) is 31.7 Å². The molecule has 0 spiro atoms. The summed E-state index contributed by atoms with van der Waals surface area (Å²) in [6, 6.07) is 3.13. The molecule has 1 rings (SSSR count). The summed E-state index contributed by atoms with van der Waals surface area (Å²) in [5.41, 5.74) is -6.40. The minimum atomic E-state index is -5.07. The molecule has 9 heteroatoms. The molecule has 0 fully saturated rings. The molecular formula is C16H15F5O4. The highest BCUT2D eigenvalue weighted by Crippen LogP contribution is 2.48. The molecule has 0 heterocycles. The van der Waals surface area contributed by atoms with Crippen molar-refractivity contribution in [3.63, 3.8) is 0 Å². The van der Waals surface area contributed by atoms with Crippen molar-refractivity contribution in [3.8, 4) is 0 Å². The van der Waals surface area contributed by atoms with Gasteiger partial charge in [-0.15, -0.1) is 0 Å². The standard InChI is InChI=1S/C16H15F5O4/c1-4-14(15(17,18)13(23)24,25-12(22)9(2)3)10-7-5-6-8-11(10)16(19,20)21/h5-8H,2,4H2,1,3H3,(H,23,24). The van der Waals surface area contributed by atoms with E-state index in [4.69, 9.17) is 5.11 Å². The number of ether oxygens (including phenoxy) is 1. The SMILES string of the molecule is C=C(C)C(=O)OC(CC)(c1ccccc1C(F)(F)F)C(F)(F)C(=O)O. The maximum Gasteiger partial charge on any atom is 0.416 e. The lowest BCUT2D eigenvalue weighted by Gasteiger charge is -2.38. The van der Waals surface area contributed by atoms with Crippen molar-refractivity contribution in [1.82, 2.24) is 0 Å². The molecule has 0 aliphatic heterocycles. The highest BCUT2D eigenvalue weighted by Gasteiger charge is 2.64. The third-order valence-corrected chi connectivity index (χ3v) is 3.56. The first-order valence-corrected chi connectivity index (χ1v) is 6.98. The molecule has 0 saturated carbocycles. The van der Waals surface area contributed by atoms with Crippen LogP contribution in [0.1, 0.15) is 31.4 Å². The second-order valence-electron chi connectivity index (χ2n) is 5.27. The maximum atomic E-state index is 14.5. The van der Waals surface area contributed by atoms with Crippen LogP contribution in [0, 0.1) is 0 Å². The average molecular weight is 366 g/mol. The van der Waals surface area contributed by atoms with E-state index in [1.165, 1.54) is 0 Å². The van der Waals surface area contributed by atoms with Crippen molar-refractivity contribution < 1.29 is 41.4 Å². The molecule has 0 aliphatic carbocycles. The Morgan fingerprint density at radius 1 is 1.12 bits per heavy atom. The monoisotopic (exact) mass is 366 g/mol. The lowest BCUT2D eigenvalue weighted by atomic mass is 9.81. The summed E-state index contributed by atoms with van der Waals surface area (Å²) >= 11 is 0. The molecule has 1 unspecified atom stereocenters. The number of halogens is 5. The molecule has 1 N–H and O–H groups in total. The van der Waals surface area contributed by atoms with E-state index in [0.717, 1.165) is 26.0 Å². The van der Waals surface area contributed by atoms with Crippen LogP contribution >= 0.6 is 0 Å². The summed E-state index contributed by atoms with van der Waals surface area (Å²) in [6.45, 7) is 5.27. The summed E-state index contributed by atoms with van der Waals surface area (Å²) in [4.78, 5) is 22.9. The Hall–Kier alpha value is -2.45. The van der Waals surface area contributed by atoms with Gasteiger partial charge in [0, 0.05) is 11.1 Å². The molecule has 0 aromatic heterocycles. The zero-order valence-electron chi connectivity index (χ0n) is 13.3. The van der Waals surface area contributed by atoms with Gasteiger partial charge in [0.25, 0.3) is 0 Å². The van der Waals surface area contributed by atoms with Crippen LogP contribution in [0.25, 0.3) is 0 Å². The highest BCUT2D eigenvalue weighted by molar-refractivity contribution is 5.88. The molecule has 0 radical (unpaired) electrons. The number of hydrogen-bond donors (Lipinski definition) is 1. The Labute approximate surface area is 139 Å². The van der Waals surface area contributed by atoms with E-state index in [-0.39, 0.29) is 5.57 Å². The maximum absolute atomic E-state index is 14.5. The number of carboxylic acid groups (broad SMARTS) is 1. The van der Waals surface area contributed by atoms with Gasteiger partial charge in [0.1, 0.15) is 0 Å². The number of alkyl halides is 5. The van der Waals surface area contributed by atoms with Gasteiger partial charge in [-0.25, -0.2) is 9.59 Å². The molecular weight excluding hydrogens is 351 g/mol. The van der Waals surface area contributed by atoms with Crippen molar-refractivity contribution in [2.24, 2.45) is 0 Å². The van der Waals surface area contributed by atoms with Gasteiger partial charge < -0.3 is 9.84 Å². The summed E-state index contributed by atoms with van der Waals surface area (Å²) in [5, 5.41) is 8.87. The van der Waals surface area contributed by atoms with Crippen molar-refractivity contribution in [3.05, 3.63) is 47.5 Å². The van der Waals surface area contributed by atoms with Crippen LogP contribution in [-0.2, 0) is 26.1 Å². The minimum absolute atomic E-state index is 0.372. The Morgan fingerprint density at radius 2 is 1.60 bits per heavy atom. The zero-order chi connectivity index (χ0) is 19.6. The van der Waals surface area contributed by atoms with E-state index in [2.05, 4.69) is 11.3 Å². The molecule has 1 atom stereocenters. The summed E-state index contributed by atoms with van der Waals surface area (Å²) in [6.07, 6.45) is -5.99. The van der Waals surface area contributed by atoms with Crippen molar-refractivity contribution in [2.75, 3.05) is 0 Å². The van der Waals surface area contributed by atoms with Gasteiger partial charge in [-0.3, -0.25) is 0 Å². The van der Waals surface area contributed by atoms with E-state index < -0.39 is 47.2 Å². The predicted molar refractivity (Wildman–Crippen MR) is 76.9 cm³/mol. The molecule has 1 aromatic rings. The van der Waals surface area contributed by atoms with Crippen LogP contribution in [0.5, 0.6) is 0 Å². The number of aliphatic carboxylic acids is 1. The van der Waals surface area contributed by atoms with Gasteiger partial charge in [0.05, 0.1) is 5.56 Å². The van der Waals surface area contributed by atoms with Crippen molar-refractivity contribution >= 4 is 11.9 Å². The third-order valence-electron chi connectivity index (χ3n) is 3.56. The van der Waals surface area contributed by atoms with Crippen LogP contribution < -0.4 is 0 Å². The van der Waals surface area contributed by atoms with E-state index in [1.807, 2.05) is 0 Å². The molecule has 25 heavy (non-hydrogen) atoms. The van der Waals surface area contributed by atoms with E-state index >= 15 is 0 Å². The number of hydrogen-bond acceptors (Lipinski definition) is 3. The Balaban J connectivity index is 3.83. The first-order chi connectivity index (χ1) is 11.3. The molecule has 0 aliphatic rings. The van der Waals surface area contributed by atoms with E-state index in [9.17, 15) is 31.5 Å². The minimum Gasteiger partial charge on any atom is -0.477 e. The fourth-order valence-corrected chi connectivity index (χ4v) is 2.27. The number of carbonyl (C=O) groups excluding carboxylic acids is 1. The summed E-state index contributed by atoms with van der Waals surface area (Å²) in [5.74, 6) is -8.98. The number of carbonyl (C=O) groups is 2. The zero-order valence-corrected chi connectivity index (χ0v) is 13.3. The second-order valence-corrected chi connectivity index (χ2v) is 5.27. The molecule has 0 saturated heterocycles. The number of esters is 1. The van der Waals surface area contributed by atoms with E-state index in [1.54, 1.807) is 0 Å². The molecule has 1 aromatic carbocycles. The van der Waals surface area contributed by atoms with Crippen molar-refractivity contribution in [1.29, 1.82) is 0 Å². The molecule has 0 amide bonds. The smallest absolute Gasteiger partial charge is 0.416 e. The van der Waals surface area contributed by atoms with Crippen LogP contribution in [0.2, 0.25) is 0 Å². The Morgan fingerprint density at radius 3 is 1.96 bits per heavy atom. The average Bonchev–Trinajstić information content (AvgIpc) is 2.51. The van der Waals surface area contributed by atoms with Gasteiger partial charge in [0.15, 0.2) is 0 Å². The van der Waals surface area contributed by atoms with Crippen LogP contribution in [0.4, 0.5) is 22.0 Å². The molecule has 138 valence electrons. The Bertz CT molecular complexity index is 696. The van der Waals surface area contributed by atoms with Crippen LogP contribution in [-0.4, -0.2) is 23.0 Å². The topological polar surface area (TPSA) is 63.6 Å². The highest BCUT2D eigenvalue weighted by atomic mass is 19.4. The predicted octanol–water partition coefficient (Wildman–Crippen LogP) is 4.15. The fourth-order valence-electron chi connectivity index (χ4n) is 2.27. The van der Waals surface area contributed by atoms with Crippen LogP contribution in [0.15, 0.2) is 36.4 Å². The first-order valence-electron chi connectivity index (χ1n) is 6.98. The normalized spacial score (nSPS) is 14.5. The Kier molecular flexibility index (Phi) is 5.61. The number of benzene rings is 1. The van der Waals surface area contributed by atoms with Gasteiger partial charge in [-0.2, -0.15) is 22.0 Å². The summed E-state index contributed by atoms with van der Waals surface area (Å²) in [7, 11) is 0.